The first-order chi connectivity index (χ1) is 9.70. The average Bonchev–Trinajstić information content (AvgIpc) is 2.47. The van der Waals surface area contributed by atoms with Crippen LogP contribution in [0.1, 0.15) is 32.6 Å². The van der Waals surface area contributed by atoms with Crippen LogP contribution < -0.4 is 15.4 Å². The van der Waals surface area contributed by atoms with Gasteiger partial charge in [0.15, 0.2) is 0 Å². The second-order valence-electron chi connectivity index (χ2n) is 5.50. The number of ether oxygens (including phenoxy) is 1. The standard InChI is InChI=1S/C16H24N2O2/c1-12-7-3-4-8-13(12)17-11-16(19)18-14-9-5-6-10-15(14)20-2/h5-6,9-10,12-13,17H,3-4,7-8,11H2,1-2H3,(H,18,19). The largest absolute Gasteiger partial charge is 0.495 e. The molecule has 0 spiro atoms. The third-order valence-electron chi connectivity index (χ3n) is 4.02. The van der Waals surface area contributed by atoms with Gasteiger partial charge in [-0.2, -0.15) is 0 Å². The first-order valence-corrected chi connectivity index (χ1v) is 7.37. The predicted octanol–water partition coefficient (Wildman–Crippen LogP) is 2.80. The lowest BCUT2D eigenvalue weighted by molar-refractivity contribution is -0.115. The van der Waals surface area contributed by atoms with Crippen molar-refractivity contribution in [1.29, 1.82) is 0 Å². The number of hydrogen-bond acceptors (Lipinski definition) is 3. The molecule has 0 heterocycles. The Bertz CT molecular complexity index is 448. The molecule has 2 rings (SSSR count). The van der Waals surface area contributed by atoms with Gasteiger partial charge in [0.25, 0.3) is 0 Å². The van der Waals surface area contributed by atoms with Crippen LogP contribution in [0.25, 0.3) is 0 Å². The van der Waals surface area contributed by atoms with E-state index in [1.807, 2.05) is 24.3 Å². The molecule has 1 aromatic rings. The molecule has 1 amide bonds. The molecule has 0 aliphatic heterocycles. The quantitative estimate of drug-likeness (QED) is 0.869. The van der Waals surface area contributed by atoms with Gasteiger partial charge in [0.05, 0.1) is 19.3 Å². The highest BCUT2D eigenvalue weighted by Gasteiger charge is 2.21. The minimum absolute atomic E-state index is 0.0210. The van der Waals surface area contributed by atoms with Crippen molar-refractivity contribution in [3.8, 4) is 5.75 Å². The predicted molar refractivity (Wildman–Crippen MR) is 81.0 cm³/mol. The van der Waals surface area contributed by atoms with Crippen molar-refractivity contribution in [3.05, 3.63) is 24.3 Å². The Labute approximate surface area is 120 Å². The Balaban J connectivity index is 1.83. The van der Waals surface area contributed by atoms with Crippen molar-refractivity contribution < 1.29 is 9.53 Å². The van der Waals surface area contributed by atoms with Crippen LogP contribution in [-0.4, -0.2) is 25.6 Å². The molecule has 1 aliphatic rings. The lowest BCUT2D eigenvalue weighted by Crippen LogP contribution is -2.41. The average molecular weight is 276 g/mol. The number of methoxy groups -OCH3 is 1. The normalized spacial score (nSPS) is 22.3. The number of para-hydroxylation sites is 2. The second kappa shape index (κ2) is 7.29. The Morgan fingerprint density at radius 1 is 1.30 bits per heavy atom. The first kappa shape index (κ1) is 14.9. The molecule has 4 heteroatoms. The van der Waals surface area contributed by atoms with Crippen LogP contribution in [0.15, 0.2) is 24.3 Å². The summed E-state index contributed by atoms with van der Waals surface area (Å²) in [6.07, 6.45) is 5.00. The number of rotatable bonds is 5. The summed E-state index contributed by atoms with van der Waals surface area (Å²) in [5.41, 5.74) is 0.721. The summed E-state index contributed by atoms with van der Waals surface area (Å²) >= 11 is 0. The molecule has 2 N–H and O–H groups in total. The van der Waals surface area contributed by atoms with Crippen molar-refractivity contribution in [2.45, 2.75) is 38.6 Å². The van der Waals surface area contributed by atoms with Gasteiger partial charge >= 0.3 is 0 Å². The summed E-state index contributed by atoms with van der Waals surface area (Å²) in [7, 11) is 1.60. The van der Waals surface area contributed by atoms with Gasteiger partial charge in [0.1, 0.15) is 5.75 Å². The summed E-state index contributed by atoms with van der Waals surface area (Å²) in [4.78, 5) is 12.0. The van der Waals surface area contributed by atoms with E-state index in [0.717, 1.165) is 5.69 Å². The number of anilines is 1. The van der Waals surface area contributed by atoms with E-state index in [4.69, 9.17) is 4.74 Å². The molecule has 1 saturated carbocycles. The number of nitrogens with one attached hydrogen (secondary N) is 2. The smallest absolute Gasteiger partial charge is 0.238 e. The van der Waals surface area contributed by atoms with Crippen molar-refractivity contribution in [3.63, 3.8) is 0 Å². The summed E-state index contributed by atoms with van der Waals surface area (Å²) in [6.45, 7) is 2.61. The van der Waals surface area contributed by atoms with Gasteiger partial charge in [0, 0.05) is 6.04 Å². The molecule has 4 nitrogen and oxygen atoms in total. The molecule has 2 unspecified atom stereocenters. The maximum absolute atomic E-state index is 12.0. The van der Waals surface area contributed by atoms with E-state index >= 15 is 0 Å². The Hall–Kier alpha value is -1.55. The SMILES string of the molecule is COc1ccccc1NC(=O)CNC1CCCCC1C. The third-order valence-corrected chi connectivity index (χ3v) is 4.02. The molecule has 2 atom stereocenters. The van der Waals surface area contributed by atoms with E-state index < -0.39 is 0 Å². The highest BCUT2D eigenvalue weighted by Crippen LogP contribution is 2.24. The van der Waals surface area contributed by atoms with Gasteiger partial charge in [-0.1, -0.05) is 31.9 Å². The highest BCUT2D eigenvalue weighted by molar-refractivity contribution is 5.93. The first-order valence-electron chi connectivity index (χ1n) is 7.37. The van der Waals surface area contributed by atoms with Crippen molar-refractivity contribution in [2.75, 3.05) is 19.0 Å². The van der Waals surface area contributed by atoms with E-state index in [9.17, 15) is 4.79 Å². The third kappa shape index (κ3) is 3.97. The minimum Gasteiger partial charge on any atom is -0.495 e. The lowest BCUT2D eigenvalue weighted by atomic mass is 9.86. The molecule has 110 valence electrons. The fourth-order valence-corrected chi connectivity index (χ4v) is 2.79. The molecule has 1 fully saturated rings. The molecule has 1 aromatic carbocycles. The maximum atomic E-state index is 12.0. The van der Waals surface area contributed by atoms with Crippen LogP contribution in [0.3, 0.4) is 0 Å². The summed E-state index contributed by atoms with van der Waals surface area (Å²) in [5.74, 6) is 1.32. The van der Waals surface area contributed by atoms with E-state index in [-0.39, 0.29) is 5.91 Å². The molecular formula is C16H24N2O2. The van der Waals surface area contributed by atoms with E-state index in [1.165, 1.54) is 25.7 Å². The molecule has 0 bridgehead atoms. The second-order valence-corrected chi connectivity index (χ2v) is 5.50. The van der Waals surface area contributed by atoms with Gasteiger partial charge < -0.3 is 15.4 Å². The fraction of sp³-hybridized carbons (Fsp3) is 0.562. The van der Waals surface area contributed by atoms with Gasteiger partial charge in [0.2, 0.25) is 5.91 Å². The highest BCUT2D eigenvalue weighted by atomic mass is 16.5. The summed E-state index contributed by atoms with van der Waals surface area (Å²) in [6, 6.07) is 7.92. The fourth-order valence-electron chi connectivity index (χ4n) is 2.79. The Morgan fingerprint density at radius 3 is 2.80 bits per heavy atom. The zero-order valence-corrected chi connectivity index (χ0v) is 12.3. The van der Waals surface area contributed by atoms with E-state index in [2.05, 4.69) is 17.6 Å². The minimum atomic E-state index is -0.0210. The molecule has 0 radical (unpaired) electrons. The van der Waals surface area contributed by atoms with Gasteiger partial charge in [-0.15, -0.1) is 0 Å². The summed E-state index contributed by atoms with van der Waals surface area (Å²) in [5, 5.41) is 6.27. The van der Waals surface area contributed by atoms with Crippen molar-refractivity contribution in [2.24, 2.45) is 5.92 Å². The van der Waals surface area contributed by atoms with Crippen LogP contribution in [0.4, 0.5) is 5.69 Å². The lowest BCUT2D eigenvalue weighted by Gasteiger charge is -2.29. The Morgan fingerprint density at radius 2 is 2.05 bits per heavy atom. The molecule has 1 aliphatic carbocycles. The maximum Gasteiger partial charge on any atom is 0.238 e. The van der Waals surface area contributed by atoms with Gasteiger partial charge in [-0.05, 0) is 30.9 Å². The van der Waals surface area contributed by atoms with Gasteiger partial charge in [-0.25, -0.2) is 0 Å². The van der Waals surface area contributed by atoms with Crippen LogP contribution in [-0.2, 0) is 4.79 Å². The van der Waals surface area contributed by atoms with Crippen LogP contribution in [0.2, 0.25) is 0 Å². The van der Waals surface area contributed by atoms with E-state index in [1.54, 1.807) is 7.11 Å². The van der Waals surface area contributed by atoms with Crippen molar-refractivity contribution in [1.82, 2.24) is 5.32 Å². The molecule has 20 heavy (non-hydrogen) atoms. The molecule has 0 aromatic heterocycles. The molecule has 0 saturated heterocycles. The summed E-state index contributed by atoms with van der Waals surface area (Å²) < 4.78 is 5.22. The number of carbonyl (C=O) groups is 1. The van der Waals surface area contributed by atoms with Crippen LogP contribution >= 0.6 is 0 Å². The number of benzene rings is 1. The number of amides is 1. The number of carbonyl (C=O) groups excluding carboxylic acids is 1. The monoisotopic (exact) mass is 276 g/mol. The zero-order valence-electron chi connectivity index (χ0n) is 12.3. The van der Waals surface area contributed by atoms with Gasteiger partial charge in [-0.3, -0.25) is 4.79 Å². The van der Waals surface area contributed by atoms with Crippen LogP contribution in [0.5, 0.6) is 5.75 Å². The topological polar surface area (TPSA) is 50.4 Å². The van der Waals surface area contributed by atoms with Crippen LogP contribution in [0, 0.1) is 5.92 Å². The van der Waals surface area contributed by atoms with Crippen molar-refractivity contribution >= 4 is 11.6 Å². The number of hydrogen-bond donors (Lipinski definition) is 2. The van der Waals surface area contributed by atoms with E-state index in [0.29, 0.717) is 24.3 Å². The molecular weight excluding hydrogens is 252 g/mol. The zero-order chi connectivity index (χ0) is 14.4. The Kier molecular flexibility index (Phi) is 5.41.